The number of carbonyl (C=O) groups excluding carboxylic acids is 1. The molecule has 2 saturated heterocycles. The van der Waals surface area contributed by atoms with Crippen LogP contribution >= 0.6 is 0 Å². The van der Waals surface area contributed by atoms with Gasteiger partial charge in [-0.1, -0.05) is 42.5 Å². The maximum Gasteiger partial charge on any atom is 0.269 e. The Balaban J connectivity index is 1.67. The lowest BCUT2D eigenvalue weighted by Crippen LogP contribution is -2.55. The molecule has 2 aromatic carbocycles. The number of nitro groups is 1. The van der Waals surface area contributed by atoms with Crippen LogP contribution in [0, 0.1) is 10.1 Å². The van der Waals surface area contributed by atoms with E-state index in [4.69, 9.17) is 4.74 Å². The minimum atomic E-state index is -0.586. The first-order valence-corrected chi connectivity index (χ1v) is 9.45. The van der Waals surface area contributed by atoms with E-state index in [1.807, 2.05) is 24.3 Å². The predicted octanol–water partition coefficient (Wildman–Crippen LogP) is 2.47. The van der Waals surface area contributed by atoms with Crippen molar-refractivity contribution in [2.45, 2.75) is 24.4 Å². The summed E-state index contributed by atoms with van der Waals surface area (Å²) >= 11 is 0. The molecule has 2 aromatic rings. The molecule has 2 aliphatic rings. The van der Waals surface area contributed by atoms with Crippen molar-refractivity contribution in [2.75, 3.05) is 26.3 Å². The van der Waals surface area contributed by atoms with Crippen molar-refractivity contribution in [3.05, 3.63) is 75.8 Å². The smallest absolute Gasteiger partial charge is 0.269 e. The highest BCUT2D eigenvalue weighted by Gasteiger charge is 2.49. The van der Waals surface area contributed by atoms with Crippen molar-refractivity contribution < 1.29 is 14.5 Å². The van der Waals surface area contributed by atoms with Gasteiger partial charge in [0.1, 0.15) is 0 Å². The molecule has 2 fully saturated rings. The van der Waals surface area contributed by atoms with Gasteiger partial charge in [-0.15, -0.1) is 0 Å². The highest BCUT2D eigenvalue weighted by Crippen LogP contribution is 2.39. The van der Waals surface area contributed by atoms with E-state index in [0.717, 1.165) is 12.1 Å². The maximum atomic E-state index is 12.3. The fourth-order valence-electron chi connectivity index (χ4n) is 4.32. The Morgan fingerprint density at radius 3 is 2.82 bits per heavy atom. The number of nitrogens with zero attached hydrogens (tertiary/aromatic N) is 2. The van der Waals surface area contributed by atoms with Gasteiger partial charge in [-0.2, -0.15) is 0 Å². The molecule has 1 amide bonds. The molecular weight excluding hydrogens is 358 g/mol. The number of non-ortho nitro benzene ring substituents is 1. The Bertz CT molecular complexity index is 873. The maximum absolute atomic E-state index is 12.3. The lowest BCUT2D eigenvalue weighted by atomic mass is 9.82. The van der Waals surface area contributed by atoms with Gasteiger partial charge < -0.3 is 10.1 Å². The molecule has 28 heavy (non-hydrogen) atoms. The van der Waals surface area contributed by atoms with Gasteiger partial charge in [0.25, 0.3) is 5.69 Å². The molecule has 0 saturated carbocycles. The molecular formula is C21H23N3O4. The molecule has 0 bridgehead atoms. The molecule has 2 atom stereocenters. The molecule has 7 heteroatoms. The summed E-state index contributed by atoms with van der Waals surface area (Å²) in [6.07, 6.45) is 0.335. The quantitative estimate of drug-likeness (QED) is 0.650. The number of nitrogens with one attached hydrogen (secondary N) is 1. The first-order chi connectivity index (χ1) is 13.6. The Hall–Kier alpha value is -2.77. The van der Waals surface area contributed by atoms with Crippen LogP contribution in [0.25, 0.3) is 0 Å². The number of amides is 1. The zero-order valence-corrected chi connectivity index (χ0v) is 15.5. The SMILES string of the molecule is O=C1CCOC[C@]2(CN(Cc3ccccc3)C[C@H]2c2cccc([N+](=O)[O-])c2)N1. The first-order valence-electron chi connectivity index (χ1n) is 9.45. The van der Waals surface area contributed by atoms with Crippen LogP contribution in [0.1, 0.15) is 23.5 Å². The monoisotopic (exact) mass is 381 g/mol. The standard InChI is InChI=1S/C21H23N3O4/c25-20-9-10-28-15-21(22-20)14-23(12-16-5-2-1-3-6-16)13-19(21)17-7-4-8-18(11-17)24(26)27/h1-8,11,19H,9-10,12-15H2,(H,22,25)/t19-,21-/m0/s1. The van der Waals surface area contributed by atoms with Gasteiger partial charge in [0.05, 0.1) is 23.7 Å². The van der Waals surface area contributed by atoms with E-state index in [1.165, 1.54) is 11.6 Å². The molecule has 1 N–H and O–H groups in total. The molecule has 146 valence electrons. The number of hydrogen-bond donors (Lipinski definition) is 1. The zero-order chi connectivity index (χ0) is 19.6. The van der Waals surface area contributed by atoms with Crippen LogP contribution in [-0.2, 0) is 16.1 Å². The number of hydrogen-bond acceptors (Lipinski definition) is 5. The molecule has 0 aromatic heterocycles. The fraction of sp³-hybridized carbons (Fsp3) is 0.381. The third-order valence-electron chi connectivity index (χ3n) is 5.57. The van der Waals surface area contributed by atoms with Gasteiger partial charge in [-0.05, 0) is 11.1 Å². The average Bonchev–Trinajstić information content (AvgIpc) is 2.92. The number of benzene rings is 2. The number of likely N-dealkylation sites (tertiary alicyclic amines) is 1. The third kappa shape index (κ3) is 3.76. The summed E-state index contributed by atoms with van der Waals surface area (Å²) in [6, 6.07) is 16.9. The highest BCUT2D eigenvalue weighted by molar-refractivity contribution is 5.77. The van der Waals surface area contributed by atoms with E-state index < -0.39 is 5.54 Å². The molecule has 2 heterocycles. The largest absolute Gasteiger partial charge is 0.378 e. The number of nitro benzene ring substituents is 1. The second-order valence-electron chi connectivity index (χ2n) is 7.57. The van der Waals surface area contributed by atoms with Crippen LogP contribution in [0.2, 0.25) is 0 Å². The van der Waals surface area contributed by atoms with Crippen molar-refractivity contribution >= 4 is 11.6 Å². The van der Waals surface area contributed by atoms with Crippen LogP contribution in [0.4, 0.5) is 5.69 Å². The molecule has 0 aliphatic carbocycles. The van der Waals surface area contributed by atoms with E-state index in [2.05, 4.69) is 22.3 Å². The van der Waals surface area contributed by atoms with Gasteiger partial charge in [0.2, 0.25) is 5.91 Å². The summed E-state index contributed by atoms with van der Waals surface area (Å²) in [6.45, 7) is 2.88. The van der Waals surface area contributed by atoms with Crippen LogP contribution in [-0.4, -0.2) is 47.6 Å². The summed E-state index contributed by atoms with van der Waals surface area (Å²) in [4.78, 5) is 25.5. The van der Waals surface area contributed by atoms with E-state index >= 15 is 0 Å². The van der Waals surface area contributed by atoms with Gasteiger partial charge in [0.15, 0.2) is 0 Å². The van der Waals surface area contributed by atoms with Crippen molar-refractivity contribution in [3.8, 4) is 0 Å². The Morgan fingerprint density at radius 2 is 2.04 bits per heavy atom. The van der Waals surface area contributed by atoms with Gasteiger partial charge in [0, 0.05) is 44.1 Å². The number of ether oxygens (including phenoxy) is 1. The molecule has 0 radical (unpaired) electrons. The van der Waals surface area contributed by atoms with E-state index in [9.17, 15) is 14.9 Å². The van der Waals surface area contributed by atoms with Crippen molar-refractivity contribution in [2.24, 2.45) is 0 Å². The van der Waals surface area contributed by atoms with Crippen LogP contribution in [0.3, 0.4) is 0 Å². The number of carbonyl (C=O) groups is 1. The predicted molar refractivity (Wildman–Crippen MR) is 104 cm³/mol. The lowest BCUT2D eigenvalue weighted by molar-refractivity contribution is -0.384. The van der Waals surface area contributed by atoms with Crippen LogP contribution in [0.15, 0.2) is 54.6 Å². The zero-order valence-electron chi connectivity index (χ0n) is 15.5. The van der Waals surface area contributed by atoms with E-state index in [0.29, 0.717) is 32.7 Å². The molecule has 0 unspecified atom stereocenters. The summed E-state index contributed by atoms with van der Waals surface area (Å²) in [5.74, 6) is -0.118. The lowest BCUT2D eigenvalue weighted by Gasteiger charge is -2.34. The Morgan fingerprint density at radius 1 is 1.21 bits per heavy atom. The summed E-state index contributed by atoms with van der Waals surface area (Å²) in [5.41, 5.74) is 1.53. The van der Waals surface area contributed by atoms with Gasteiger partial charge >= 0.3 is 0 Å². The second-order valence-corrected chi connectivity index (χ2v) is 7.57. The summed E-state index contributed by atoms with van der Waals surface area (Å²) in [5, 5.41) is 14.4. The van der Waals surface area contributed by atoms with Crippen molar-refractivity contribution in [1.29, 1.82) is 0 Å². The molecule has 7 nitrogen and oxygen atoms in total. The molecule has 2 aliphatic heterocycles. The van der Waals surface area contributed by atoms with Gasteiger partial charge in [-0.25, -0.2) is 0 Å². The van der Waals surface area contributed by atoms with E-state index in [-0.39, 0.29) is 22.4 Å². The normalized spacial score (nSPS) is 25.4. The minimum Gasteiger partial charge on any atom is -0.378 e. The molecule has 1 spiro atoms. The number of rotatable bonds is 4. The van der Waals surface area contributed by atoms with Crippen molar-refractivity contribution in [3.63, 3.8) is 0 Å². The summed E-state index contributed by atoms with van der Waals surface area (Å²) in [7, 11) is 0. The second kappa shape index (κ2) is 7.69. The van der Waals surface area contributed by atoms with Crippen LogP contribution in [0.5, 0.6) is 0 Å². The Labute approximate surface area is 163 Å². The first kappa shape index (κ1) is 18.6. The average molecular weight is 381 g/mol. The highest BCUT2D eigenvalue weighted by atomic mass is 16.6. The minimum absolute atomic E-state index is 0.0329. The van der Waals surface area contributed by atoms with Crippen molar-refractivity contribution in [1.82, 2.24) is 10.2 Å². The molecule has 4 rings (SSSR count). The topological polar surface area (TPSA) is 84.7 Å². The fourth-order valence-corrected chi connectivity index (χ4v) is 4.32. The summed E-state index contributed by atoms with van der Waals surface area (Å²) < 4.78 is 5.79. The Kier molecular flexibility index (Phi) is 5.11. The van der Waals surface area contributed by atoms with Crippen LogP contribution < -0.4 is 5.32 Å². The third-order valence-corrected chi connectivity index (χ3v) is 5.57. The van der Waals surface area contributed by atoms with E-state index in [1.54, 1.807) is 12.1 Å². The van der Waals surface area contributed by atoms with Gasteiger partial charge in [-0.3, -0.25) is 19.8 Å².